The van der Waals surface area contributed by atoms with Gasteiger partial charge in [-0.15, -0.1) is 51.2 Å². The van der Waals surface area contributed by atoms with Gasteiger partial charge < -0.3 is 11.5 Å². The van der Waals surface area contributed by atoms with Crippen LogP contribution in [0.4, 0.5) is 26.3 Å². The van der Waals surface area contributed by atoms with Crippen LogP contribution in [0, 0.1) is 11.8 Å². The van der Waals surface area contributed by atoms with E-state index in [1.54, 1.807) is 0 Å². The van der Waals surface area contributed by atoms with Crippen molar-refractivity contribution in [2.75, 3.05) is 13.1 Å². The zero-order chi connectivity index (χ0) is 19.8. The van der Waals surface area contributed by atoms with E-state index < -0.39 is 24.9 Å². The van der Waals surface area contributed by atoms with E-state index in [2.05, 4.69) is 9.47 Å². The summed E-state index contributed by atoms with van der Waals surface area (Å²) in [5, 5.41) is 0. The summed E-state index contributed by atoms with van der Waals surface area (Å²) in [5.41, 5.74) is 10.8. The number of hydrogen-bond donors (Lipinski definition) is 2. The van der Waals surface area contributed by atoms with E-state index in [-0.39, 0.29) is 24.8 Å². The fraction of sp³-hybridized carbons (Fsp3) is 1.00. The van der Waals surface area contributed by atoms with Gasteiger partial charge in [-0.1, -0.05) is 0 Å². The lowest BCUT2D eigenvalue weighted by molar-refractivity contribution is -0.346. The lowest BCUT2D eigenvalue weighted by atomic mass is 9.87. The van der Waals surface area contributed by atoms with Gasteiger partial charge in [0, 0.05) is 0 Å². The average molecular weight is 467 g/mol. The van der Waals surface area contributed by atoms with Gasteiger partial charge in [0.2, 0.25) is 0 Å². The molecule has 2 aliphatic carbocycles. The van der Waals surface area contributed by atoms with Crippen LogP contribution in [-0.2, 0) is 9.47 Å². The highest BCUT2D eigenvalue weighted by molar-refractivity contribution is 5.85. The summed E-state index contributed by atoms with van der Waals surface area (Å²) >= 11 is 0. The van der Waals surface area contributed by atoms with Gasteiger partial charge in [0.1, 0.15) is 0 Å². The first-order valence-corrected chi connectivity index (χ1v) is 8.91. The molecule has 0 unspecified atom stereocenters. The lowest BCUT2D eigenvalue weighted by Crippen LogP contribution is -2.30. The normalized spacial score (nSPS) is 28.3. The first-order valence-electron chi connectivity index (χ1n) is 8.91. The third-order valence-corrected chi connectivity index (χ3v) is 4.85. The molecule has 4 N–H and O–H groups in total. The summed E-state index contributed by atoms with van der Waals surface area (Å²) in [6, 6.07) is 0. The van der Waals surface area contributed by atoms with Gasteiger partial charge in [0.15, 0.2) is 0 Å². The van der Waals surface area contributed by atoms with Gasteiger partial charge in [0.05, 0.1) is 12.2 Å². The predicted octanol–water partition coefficient (Wildman–Crippen LogP) is 4.92. The fourth-order valence-corrected chi connectivity index (χ4v) is 3.35. The molecule has 0 radical (unpaired) electrons. The van der Waals surface area contributed by atoms with Crippen LogP contribution in [0.3, 0.4) is 0 Å². The Morgan fingerprint density at radius 3 is 1.00 bits per heavy atom. The summed E-state index contributed by atoms with van der Waals surface area (Å²) in [6.07, 6.45) is -5.39. The van der Waals surface area contributed by atoms with Crippen molar-refractivity contribution in [3.8, 4) is 0 Å². The molecule has 12 heteroatoms. The van der Waals surface area contributed by atoms with Gasteiger partial charge in [0.25, 0.3) is 0 Å². The second-order valence-corrected chi connectivity index (χ2v) is 6.88. The Labute approximate surface area is 173 Å². The Balaban J connectivity index is 0. The molecule has 2 saturated carbocycles. The van der Waals surface area contributed by atoms with Gasteiger partial charge in [-0.3, -0.25) is 9.47 Å². The smallest absolute Gasteiger partial charge is 0.330 e. The maximum absolute atomic E-state index is 11.8. The van der Waals surface area contributed by atoms with Crippen LogP contribution in [0.15, 0.2) is 0 Å². The van der Waals surface area contributed by atoms with Gasteiger partial charge >= 0.3 is 12.7 Å². The third-order valence-electron chi connectivity index (χ3n) is 4.85. The Bertz CT molecular complexity index is 350. The monoisotopic (exact) mass is 466 g/mol. The number of nitrogens with two attached hydrogens (primary N) is 2. The molecular formula is C16H30Cl2F6N2O2. The first kappa shape index (κ1) is 30.2. The molecule has 0 aliphatic heterocycles. The van der Waals surface area contributed by atoms with E-state index in [0.29, 0.717) is 50.6 Å². The Morgan fingerprint density at radius 1 is 0.571 bits per heavy atom. The average Bonchev–Trinajstić information content (AvgIpc) is 2.54. The van der Waals surface area contributed by atoms with Crippen molar-refractivity contribution in [3.05, 3.63) is 0 Å². The van der Waals surface area contributed by atoms with Gasteiger partial charge in [-0.25, -0.2) is 0 Å². The maximum atomic E-state index is 11.8. The molecule has 0 heterocycles. The SMILES string of the molecule is Cl.Cl.NCC1CCC(OC(F)(F)F)CC1.NCC1CCC(OC(F)(F)F)CC1. The third kappa shape index (κ3) is 14.1. The second-order valence-electron chi connectivity index (χ2n) is 6.88. The summed E-state index contributed by atoms with van der Waals surface area (Å²) in [5.74, 6) is 0.765. The molecule has 172 valence electrons. The van der Waals surface area contributed by atoms with Crippen LogP contribution in [0.2, 0.25) is 0 Å². The molecule has 2 aliphatic rings. The van der Waals surface area contributed by atoms with Crippen molar-refractivity contribution >= 4 is 24.8 Å². The molecule has 2 fully saturated rings. The summed E-state index contributed by atoms with van der Waals surface area (Å²) in [6.45, 7) is 1.14. The lowest BCUT2D eigenvalue weighted by Gasteiger charge is -2.27. The second kappa shape index (κ2) is 14.1. The van der Waals surface area contributed by atoms with Crippen LogP contribution in [0.25, 0.3) is 0 Å². The number of alkyl halides is 6. The highest BCUT2D eigenvalue weighted by Crippen LogP contribution is 2.31. The number of rotatable bonds is 4. The van der Waals surface area contributed by atoms with E-state index in [0.717, 1.165) is 25.7 Å². The molecule has 4 nitrogen and oxygen atoms in total. The highest BCUT2D eigenvalue weighted by atomic mass is 35.5. The van der Waals surface area contributed by atoms with Crippen LogP contribution in [0.1, 0.15) is 51.4 Å². The molecule has 0 amide bonds. The predicted molar refractivity (Wildman–Crippen MR) is 98.4 cm³/mol. The summed E-state index contributed by atoms with van der Waals surface area (Å²) in [7, 11) is 0. The Kier molecular flexibility index (Phi) is 15.2. The van der Waals surface area contributed by atoms with Crippen molar-refractivity contribution in [2.45, 2.75) is 76.3 Å². The van der Waals surface area contributed by atoms with Crippen LogP contribution in [0.5, 0.6) is 0 Å². The summed E-state index contributed by atoms with van der Waals surface area (Å²) < 4.78 is 78.5. The minimum Gasteiger partial charge on any atom is -0.330 e. The number of ether oxygens (including phenoxy) is 2. The van der Waals surface area contributed by atoms with E-state index in [1.807, 2.05) is 0 Å². The van der Waals surface area contributed by atoms with Crippen molar-refractivity contribution in [3.63, 3.8) is 0 Å². The van der Waals surface area contributed by atoms with Crippen molar-refractivity contribution in [1.82, 2.24) is 0 Å². The van der Waals surface area contributed by atoms with Crippen LogP contribution in [-0.4, -0.2) is 38.0 Å². The zero-order valence-corrected chi connectivity index (χ0v) is 17.1. The van der Waals surface area contributed by atoms with E-state index in [4.69, 9.17) is 11.5 Å². The fourth-order valence-electron chi connectivity index (χ4n) is 3.35. The van der Waals surface area contributed by atoms with E-state index in [1.165, 1.54) is 0 Å². The van der Waals surface area contributed by atoms with Crippen LogP contribution >= 0.6 is 24.8 Å². The quantitative estimate of drug-likeness (QED) is 0.576. The van der Waals surface area contributed by atoms with Gasteiger partial charge in [-0.05, 0) is 76.3 Å². The molecule has 0 aromatic rings. The van der Waals surface area contributed by atoms with Gasteiger partial charge in [-0.2, -0.15) is 0 Å². The molecule has 0 spiro atoms. The van der Waals surface area contributed by atoms with Crippen molar-refractivity contribution in [2.24, 2.45) is 23.3 Å². The number of hydrogen-bond acceptors (Lipinski definition) is 4. The maximum Gasteiger partial charge on any atom is 0.522 e. The first-order chi connectivity index (χ1) is 12.0. The molecule has 0 saturated heterocycles. The molecular weight excluding hydrogens is 437 g/mol. The van der Waals surface area contributed by atoms with Crippen LogP contribution < -0.4 is 11.5 Å². The molecule has 0 aromatic carbocycles. The minimum atomic E-state index is -4.49. The molecule has 28 heavy (non-hydrogen) atoms. The Hall–Kier alpha value is -0.000000000000000111. The standard InChI is InChI=1S/2C8H14F3NO.2ClH/c2*9-8(10,11)13-7-3-1-6(5-12)2-4-7;;/h2*6-7H,1-5,12H2;2*1H. The van der Waals surface area contributed by atoms with E-state index in [9.17, 15) is 26.3 Å². The topological polar surface area (TPSA) is 70.5 Å². The zero-order valence-electron chi connectivity index (χ0n) is 15.4. The minimum absolute atomic E-state index is 0. The number of halogens is 8. The molecule has 2 rings (SSSR count). The van der Waals surface area contributed by atoms with Crippen molar-refractivity contribution in [1.29, 1.82) is 0 Å². The highest BCUT2D eigenvalue weighted by Gasteiger charge is 2.35. The largest absolute Gasteiger partial charge is 0.522 e. The molecule has 0 atom stereocenters. The van der Waals surface area contributed by atoms with E-state index >= 15 is 0 Å². The summed E-state index contributed by atoms with van der Waals surface area (Å²) in [4.78, 5) is 0. The molecule has 0 bridgehead atoms. The molecule has 0 aromatic heterocycles. The Morgan fingerprint density at radius 2 is 0.821 bits per heavy atom. The van der Waals surface area contributed by atoms with Crippen molar-refractivity contribution < 1.29 is 35.8 Å².